The molecule has 0 radical (unpaired) electrons. The van der Waals surface area contributed by atoms with Crippen LogP contribution in [0.15, 0.2) is 6.20 Å². The molecule has 2 saturated carbocycles. The van der Waals surface area contributed by atoms with Gasteiger partial charge in [0.25, 0.3) is 0 Å². The highest BCUT2D eigenvalue weighted by Crippen LogP contribution is 2.56. The largest absolute Gasteiger partial charge is 0.378 e. The molecule has 6 nitrogen and oxygen atoms in total. The number of hydrogen-bond acceptors (Lipinski definition) is 3. The van der Waals surface area contributed by atoms with E-state index in [-0.39, 0.29) is 11.4 Å². The molecule has 0 bridgehead atoms. The molecule has 0 aromatic carbocycles. The second-order valence-electron chi connectivity index (χ2n) is 7.60. The number of nitrogens with one attached hydrogen (secondary N) is 2. The van der Waals surface area contributed by atoms with Crippen molar-refractivity contribution in [2.45, 2.75) is 70.9 Å². The van der Waals surface area contributed by atoms with Crippen LogP contribution in [0.5, 0.6) is 0 Å². The number of carbonyl (C=O) groups is 1. The molecule has 6 heteroatoms. The maximum absolute atomic E-state index is 12.6. The average Bonchev–Trinajstić information content (AvgIpc) is 3.25. The van der Waals surface area contributed by atoms with Gasteiger partial charge in [-0.05, 0) is 51.5 Å². The minimum atomic E-state index is 0.0511. The fraction of sp³-hybridized carbons (Fsp3) is 0.789. The minimum Gasteiger partial charge on any atom is -0.378 e. The van der Waals surface area contributed by atoms with Crippen molar-refractivity contribution in [2.24, 2.45) is 5.41 Å². The van der Waals surface area contributed by atoms with Gasteiger partial charge in [-0.25, -0.2) is 4.79 Å². The average molecular weight is 348 g/mol. The molecule has 1 aromatic rings. The Balaban J connectivity index is 1.46. The van der Waals surface area contributed by atoms with E-state index in [2.05, 4.69) is 22.4 Å². The Morgan fingerprint density at radius 1 is 1.48 bits per heavy atom. The van der Waals surface area contributed by atoms with Crippen LogP contribution in [-0.2, 0) is 11.2 Å². The summed E-state index contributed by atoms with van der Waals surface area (Å²) in [6, 6.07) is 0.373. The molecule has 2 N–H and O–H groups in total. The van der Waals surface area contributed by atoms with Gasteiger partial charge < -0.3 is 15.0 Å². The van der Waals surface area contributed by atoms with Gasteiger partial charge in [-0.1, -0.05) is 12.8 Å². The highest BCUT2D eigenvalue weighted by Gasteiger charge is 2.58. The normalized spacial score (nSPS) is 24.3. The van der Waals surface area contributed by atoms with Crippen molar-refractivity contribution in [1.82, 2.24) is 20.4 Å². The van der Waals surface area contributed by atoms with E-state index in [0.717, 1.165) is 31.6 Å². The Bertz CT molecular complexity index is 580. The van der Waals surface area contributed by atoms with Crippen molar-refractivity contribution >= 4 is 6.03 Å². The predicted octanol–water partition coefficient (Wildman–Crippen LogP) is 3.03. The van der Waals surface area contributed by atoms with Gasteiger partial charge in [0.05, 0.1) is 12.3 Å². The van der Waals surface area contributed by atoms with Crippen LogP contribution in [0.3, 0.4) is 0 Å². The number of aromatic amines is 1. The number of nitrogens with zero attached hydrogens (tertiary/aromatic N) is 2. The third-order valence-corrected chi connectivity index (χ3v) is 6.27. The van der Waals surface area contributed by atoms with Gasteiger partial charge in [0, 0.05) is 37.4 Å². The van der Waals surface area contributed by atoms with E-state index in [0.29, 0.717) is 18.7 Å². The zero-order valence-electron chi connectivity index (χ0n) is 15.8. The molecule has 3 rings (SSSR count). The molecule has 0 saturated heterocycles. The fourth-order valence-corrected chi connectivity index (χ4v) is 4.76. The van der Waals surface area contributed by atoms with Gasteiger partial charge in [0.1, 0.15) is 0 Å². The summed E-state index contributed by atoms with van der Waals surface area (Å²) in [5.74, 6) is 0. The molecule has 2 aliphatic rings. The lowest BCUT2D eigenvalue weighted by Gasteiger charge is -2.56. The Labute approximate surface area is 150 Å². The molecule has 2 amide bonds. The van der Waals surface area contributed by atoms with Crippen molar-refractivity contribution < 1.29 is 9.53 Å². The number of hydrogen-bond donors (Lipinski definition) is 2. The Morgan fingerprint density at radius 3 is 2.88 bits per heavy atom. The third-order valence-electron chi connectivity index (χ3n) is 6.27. The fourth-order valence-electron chi connectivity index (χ4n) is 4.76. The zero-order chi connectivity index (χ0) is 17.9. The highest BCUT2D eigenvalue weighted by molar-refractivity contribution is 5.74. The molecular weight excluding hydrogens is 316 g/mol. The van der Waals surface area contributed by atoms with Gasteiger partial charge in [-0.2, -0.15) is 5.10 Å². The summed E-state index contributed by atoms with van der Waals surface area (Å²) in [4.78, 5) is 14.5. The van der Waals surface area contributed by atoms with Crippen LogP contribution in [0, 0.1) is 12.3 Å². The molecule has 140 valence electrons. The maximum Gasteiger partial charge on any atom is 0.317 e. The molecular formula is C19H32N4O2. The molecule has 0 aliphatic heterocycles. The molecule has 1 heterocycles. The number of H-pyrrole nitrogens is 1. The summed E-state index contributed by atoms with van der Waals surface area (Å²) in [6.45, 7) is 5.56. The van der Waals surface area contributed by atoms with Crippen molar-refractivity contribution in [3.8, 4) is 0 Å². The minimum absolute atomic E-state index is 0.0511. The Morgan fingerprint density at radius 2 is 2.24 bits per heavy atom. The highest BCUT2D eigenvalue weighted by atomic mass is 16.5. The zero-order valence-corrected chi connectivity index (χ0v) is 15.8. The van der Waals surface area contributed by atoms with E-state index >= 15 is 0 Å². The maximum atomic E-state index is 12.6. The first kappa shape index (κ1) is 18.2. The Hall–Kier alpha value is -1.56. The quantitative estimate of drug-likeness (QED) is 0.744. The predicted molar refractivity (Wildman–Crippen MR) is 97.5 cm³/mol. The summed E-state index contributed by atoms with van der Waals surface area (Å²) in [5, 5.41) is 10.1. The van der Waals surface area contributed by atoms with Crippen LogP contribution in [0.2, 0.25) is 0 Å². The van der Waals surface area contributed by atoms with E-state index in [1.165, 1.54) is 31.2 Å². The smallest absolute Gasteiger partial charge is 0.317 e. The van der Waals surface area contributed by atoms with Gasteiger partial charge in [-0.15, -0.1) is 0 Å². The second-order valence-corrected chi connectivity index (χ2v) is 7.60. The summed E-state index contributed by atoms with van der Waals surface area (Å²) in [7, 11) is 1.95. The number of aromatic nitrogens is 2. The van der Waals surface area contributed by atoms with Crippen LogP contribution in [-0.4, -0.2) is 53.5 Å². The lowest BCUT2D eigenvalue weighted by Crippen LogP contribution is -2.65. The first-order chi connectivity index (χ1) is 12.1. The number of ether oxygens (including phenoxy) is 1. The first-order valence-electron chi connectivity index (χ1n) is 9.69. The van der Waals surface area contributed by atoms with Crippen LogP contribution >= 0.6 is 0 Å². The van der Waals surface area contributed by atoms with Crippen LogP contribution in [0.1, 0.15) is 56.7 Å². The second kappa shape index (κ2) is 7.77. The molecule has 0 unspecified atom stereocenters. The van der Waals surface area contributed by atoms with Gasteiger partial charge in [0.15, 0.2) is 0 Å². The van der Waals surface area contributed by atoms with Gasteiger partial charge >= 0.3 is 6.03 Å². The SMILES string of the molecule is CCO[C@@H]1C[C@@H](N(C)C(=O)NCCCc2cn[nH]c2C)C12CCCC2. The summed E-state index contributed by atoms with van der Waals surface area (Å²) >= 11 is 0. The Kier molecular flexibility index (Phi) is 5.67. The monoisotopic (exact) mass is 348 g/mol. The van der Waals surface area contributed by atoms with Crippen molar-refractivity contribution in [1.29, 1.82) is 0 Å². The molecule has 25 heavy (non-hydrogen) atoms. The lowest BCUT2D eigenvalue weighted by molar-refractivity contribution is -0.151. The number of urea groups is 1. The van der Waals surface area contributed by atoms with Crippen molar-refractivity contribution in [3.05, 3.63) is 17.5 Å². The molecule has 1 aromatic heterocycles. The molecule has 2 atom stereocenters. The summed E-state index contributed by atoms with van der Waals surface area (Å²) < 4.78 is 5.96. The summed E-state index contributed by atoms with van der Waals surface area (Å²) in [5.41, 5.74) is 2.55. The van der Waals surface area contributed by atoms with Crippen LogP contribution in [0.4, 0.5) is 4.79 Å². The first-order valence-corrected chi connectivity index (χ1v) is 9.69. The van der Waals surface area contributed by atoms with Crippen LogP contribution in [0.25, 0.3) is 0 Å². The number of carbonyl (C=O) groups excluding carboxylic acids is 1. The van der Waals surface area contributed by atoms with Crippen molar-refractivity contribution in [3.63, 3.8) is 0 Å². The van der Waals surface area contributed by atoms with Crippen molar-refractivity contribution in [2.75, 3.05) is 20.2 Å². The molecule has 2 aliphatic carbocycles. The summed E-state index contributed by atoms with van der Waals surface area (Å²) in [6.07, 6.45) is 9.97. The number of rotatable bonds is 7. The van der Waals surface area contributed by atoms with E-state index < -0.39 is 0 Å². The van der Waals surface area contributed by atoms with E-state index in [1.54, 1.807) is 0 Å². The van der Waals surface area contributed by atoms with E-state index in [9.17, 15) is 4.79 Å². The topological polar surface area (TPSA) is 70.2 Å². The van der Waals surface area contributed by atoms with Gasteiger partial charge in [0.2, 0.25) is 0 Å². The lowest BCUT2D eigenvalue weighted by atomic mass is 9.60. The number of amides is 2. The van der Waals surface area contributed by atoms with Gasteiger partial charge in [-0.3, -0.25) is 5.10 Å². The molecule has 1 spiro atoms. The van der Waals surface area contributed by atoms with Crippen LogP contribution < -0.4 is 5.32 Å². The van der Waals surface area contributed by atoms with E-state index in [1.807, 2.05) is 25.1 Å². The standard InChI is InChI=1S/C19H32N4O2/c1-4-25-17-12-16(19(17)9-5-6-10-19)23(3)18(24)20-11-7-8-15-13-21-22-14(15)2/h13,16-17H,4-12H2,1-3H3,(H,20,24)(H,21,22)/t16-,17-/m1/s1. The molecule has 2 fully saturated rings. The van der Waals surface area contributed by atoms with E-state index in [4.69, 9.17) is 4.74 Å². The third kappa shape index (κ3) is 3.54. The number of aryl methyl sites for hydroxylation is 2.